The standard InChI is InChI=1S/C25H27N3O2.ClH/c1-7-30-20-12-13-21(22(14-20)29-6)28-17(4)23-16(3)26-27-25(24(23)18(28)5)19-10-8-15(2)9-11-19;/h8-14H,7H2,1-6H3;1H. The first-order valence-corrected chi connectivity index (χ1v) is 10.2. The average Bonchev–Trinajstić information content (AvgIpc) is 3.01. The lowest BCUT2D eigenvalue weighted by molar-refractivity contribution is 0.336. The van der Waals surface area contributed by atoms with Crippen molar-refractivity contribution in [3.8, 4) is 28.4 Å². The van der Waals surface area contributed by atoms with Crippen LogP contribution >= 0.6 is 12.4 Å². The Hall–Kier alpha value is -3.05. The summed E-state index contributed by atoms with van der Waals surface area (Å²) in [6.45, 7) is 10.9. The Morgan fingerprint density at radius 1 is 0.871 bits per heavy atom. The zero-order chi connectivity index (χ0) is 21.4. The lowest BCUT2D eigenvalue weighted by Gasteiger charge is -2.15. The molecule has 0 amide bonds. The van der Waals surface area contributed by atoms with E-state index in [0.717, 1.165) is 56.3 Å². The van der Waals surface area contributed by atoms with Crippen LogP contribution in [0.4, 0.5) is 0 Å². The van der Waals surface area contributed by atoms with E-state index in [4.69, 9.17) is 9.47 Å². The van der Waals surface area contributed by atoms with Gasteiger partial charge in [0.25, 0.3) is 0 Å². The lowest BCUT2D eigenvalue weighted by Crippen LogP contribution is -2.03. The number of benzene rings is 2. The van der Waals surface area contributed by atoms with Gasteiger partial charge in [0.2, 0.25) is 0 Å². The van der Waals surface area contributed by atoms with E-state index >= 15 is 0 Å². The second kappa shape index (κ2) is 8.98. The number of aryl methyl sites for hydroxylation is 4. The minimum Gasteiger partial charge on any atom is -0.494 e. The van der Waals surface area contributed by atoms with Crippen molar-refractivity contribution in [2.45, 2.75) is 34.6 Å². The fourth-order valence-corrected chi connectivity index (χ4v) is 4.17. The molecule has 2 heterocycles. The quantitative estimate of drug-likeness (QED) is 0.375. The van der Waals surface area contributed by atoms with Crippen molar-refractivity contribution in [2.75, 3.05) is 13.7 Å². The molecular weight excluding hydrogens is 410 g/mol. The van der Waals surface area contributed by atoms with Crippen LogP contribution in [0.25, 0.3) is 27.7 Å². The summed E-state index contributed by atoms with van der Waals surface area (Å²) in [5.74, 6) is 1.56. The van der Waals surface area contributed by atoms with Crippen LogP contribution < -0.4 is 9.47 Å². The normalized spacial score (nSPS) is 10.8. The van der Waals surface area contributed by atoms with Crippen LogP contribution in [0, 0.1) is 27.7 Å². The largest absolute Gasteiger partial charge is 0.494 e. The molecule has 0 spiro atoms. The summed E-state index contributed by atoms with van der Waals surface area (Å²) in [5, 5.41) is 11.3. The Labute approximate surface area is 189 Å². The predicted octanol–water partition coefficient (Wildman–Crippen LogP) is 6.15. The first-order chi connectivity index (χ1) is 14.5. The summed E-state index contributed by atoms with van der Waals surface area (Å²) >= 11 is 0. The topological polar surface area (TPSA) is 49.2 Å². The summed E-state index contributed by atoms with van der Waals surface area (Å²) < 4.78 is 13.6. The van der Waals surface area contributed by atoms with E-state index in [2.05, 4.69) is 59.8 Å². The summed E-state index contributed by atoms with van der Waals surface area (Å²) in [5.41, 5.74) is 7.31. The molecular formula is C25H28ClN3O2. The third-order valence-electron chi connectivity index (χ3n) is 5.57. The number of aromatic nitrogens is 3. The van der Waals surface area contributed by atoms with Crippen molar-refractivity contribution in [2.24, 2.45) is 0 Å². The van der Waals surface area contributed by atoms with Gasteiger partial charge in [-0.05, 0) is 46.8 Å². The third kappa shape index (κ3) is 3.86. The van der Waals surface area contributed by atoms with Gasteiger partial charge in [-0.2, -0.15) is 5.10 Å². The molecule has 0 unspecified atom stereocenters. The van der Waals surface area contributed by atoms with Crippen LogP contribution in [0.3, 0.4) is 0 Å². The van der Waals surface area contributed by atoms with E-state index in [0.29, 0.717) is 6.61 Å². The molecule has 0 N–H and O–H groups in total. The highest BCUT2D eigenvalue weighted by Gasteiger charge is 2.22. The molecule has 0 aliphatic carbocycles. The number of hydrogen-bond acceptors (Lipinski definition) is 4. The molecule has 0 aliphatic heterocycles. The van der Waals surface area contributed by atoms with E-state index < -0.39 is 0 Å². The zero-order valence-electron chi connectivity index (χ0n) is 18.8. The van der Waals surface area contributed by atoms with Crippen LogP contribution in [0.5, 0.6) is 11.5 Å². The number of nitrogens with zero attached hydrogens (tertiary/aromatic N) is 3. The molecule has 4 rings (SSSR count). The SMILES string of the molecule is CCOc1ccc(-n2c(C)c3c(C)nnc(-c4ccc(C)cc4)c3c2C)c(OC)c1.Cl. The Kier molecular flexibility index (Phi) is 6.56. The molecule has 4 aromatic rings. The molecule has 2 aromatic carbocycles. The Bertz CT molecular complexity index is 1230. The monoisotopic (exact) mass is 437 g/mol. The van der Waals surface area contributed by atoms with Crippen LogP contribution in [0.1, 0.15) is 29.6 Å². The molecule has 162 valence electrons. The number of methoxy groups -OCH3 is 1. The lowest BCUT2D eigenvalue weighted by atomic mass is 10.0. The van der Waals surface area contributed by atoms with Crippen LogP contribution in [0.2, 0.25) is 0 Å². The number of halogens is 1. The van der Waals surface area contributed by atoms with Gasteiger partial charge in [0.15, 0.2) is 0 Å². The van der Waals surface area contributed by atoms with Gasteiger partial charge in [-0.1, -0.05) is 29.8 Å². The molecule has 0 saturated heterocycles. The fraction of sp³-hybridized carbons (Fsp3) is 0.280. The summed E-state index contributed by atoms with van der Waals surface area (Å²) in [7, 11) is 1.69. The second-order valence-electron chi connectivity index (χ2n) is 7.52. The molecule has 0 bridgehead atoms. The summed E-state index contributed by atoms with van der Waals surface area (Å²) in [6, 6.07) is 14.4. The van der Waals surface area contributed by atoms with Crippen molar-refractivity contribution >= 4 is 23.2 Å². The van der Waals surface area contributed by atoms with E-state index in [9.17, 15) is 0 Å². The molecule has 31 heavy (non-hydrogen) atoms. The minimum atomic E-state index is 0. The summed E-state index contributed by atoms with van der Waals surface area (Å²) in [4.78, 5) is 0. The van der Waals surface area contributed by atoms with E-state index in [1.54, 1.807) is 7.11 Å². The van der Waals surface area contributed by atoms with Gasteiger partial charge in [0, 0.05) is 33.8 Å². The van der Waals surface area contributed by atoms with E-state index in [-0.39, 0.29) is 12.4 Å². The molecule has 6 heteroatoms. The van der Waals surface area contributed by atoms with Crippen molar-refractivity contribution < 1.29 is 9.47 Å². The molecule has 0 radical (unpaired) electrons. The summed E-state index contributed by atoms with van der Waals surface area (Å²) in [6.07, 6.45) is 0. The molecule has 0 aliphatic rings. The Morgan fingerprint density at radius 2 is 1.55 bits per heavy atom. The maximum absolute atomic E-state index is 5.72. The van der Waals surface area contributed by atoms with E-state index in [1.807, 2.05) is 32.0 Å². The van der Waals surface area contributed by atoms with Gasteiger partial charge >= 0.3 is 0 Å². The second-order valence-corrected chi connectivity index (χ2v) is 7.52. The molecule has 5 nitrogen and oxygen atoms in total. The molecule has 2 aromatic heterocycles. The first-order valence-electron chi connectivity index (χ1n) is 10.2. The van der Waals surface area contributed by atoms with Gasteiger partial charge in [0.1, 0.15) is 17.2 Å². The Balaban J connectivity index is 0.00000272. The van der Waals surface area contributed by atoms with Gasteiger partial charge in [-0.15, -0.1) is 17.5 Å². The number of rotatable bonds is 5. The number of hydrogen-bond donors (Lipinski definition) is 0. The molecule has 0 fully saturated rings. The maximum Gasteiger partial charge on any atom is 0.146 e. The number of ether oxygens (including phenoxy) is 2. The van der Waals surface area contributed by atoms with Gasteiger partial charge < -0.3 is 14.0 Å². The van der Waals surface area contributed by atoms with Crippen molar-refractivity contribution in [1.29, 1.82) is 0 Å². The Morgan fingerprint density at radius 3 is 2.19 bits per heavy atom. The smallest absolute Gasteiger partial charge is 0.146 e. The fourth-order valence-electron chi connectivity index (χ4n) is 4.17. The highest BCUT2D eigenvalue weighted by atomic mass is 35.5. The van der Waals surface area contributed by atoms with Gasteiger partial charge in [-0.3, -0.25) is 0 Å². The third-order valence-corrected chi connectivity index (χ3v) is 5.57. The molecule has 0 saturated carbocycles. The van der Waals surface area contributed by atoms with Crippen molar-refractivity contribution in [3.63, 3.8) is 0 Å². The van der Waals surface area contributed by atoms with Gasteiger partial charge in [0.05, 0.1) is 25.1 Å². The minimum absolute atomic E-state index is 0. The van der Waals surface area contributed by atoms with Crippen molar-refractivity contribution in [1.82, 2.24) is 14.8 Å². The number of fused-ring (bicyclic) bond motifs is 1. The van der Waals surface area contributed by atoms with Gasteiger partial charge in [-0.25, -0.2) is 0 Å². The highest BCUT2D eigenvalue weighted by Crippen LogP contribution is 2.38. The molecule has 0 atom stereocenters. The zero-order valence-corrected chi connectivity index (χ0v) is 19.6. The van der Waals surface area contributed by atoms with E-state index in [1.165, 1.54) is 5.56 Å². The van der Waals surface area contributed by atoms with Crippen LogP contribution in [-0.4, -0.2) is 28.5 Å². The predicted molar refractivity (Wildman–Crippen MR) is 128 cm³/mol. The van der Waals surface area contributed by atoms with Crippen molar-refractivity contribution in [3.05, 3.63) is 65.1 Å². The van der Waals surface area contributed by atoms with Crippen LogP contribution in [-0.2, 0) is 0 Å². The highest BCUT2D eigenvalue weighted by molar-refractivity contribution is 6.00. The van der Waals surface area contributed by atoms with Crippen LogP contribution in [0.15, 0.2) is 42.5 Å². The average molecular weight is 438 g/mol. The first kappa shape index (κ1) is 22.6. The maximum atomic E-state index is 5.72.